The van der Waals surface area contributed by atoms with Gasteiger partial charge in [-0.1, -0.05) is 23.2 Å². The maximum atomic E-state index is 10.7. The Balaban J connectivity index is 2.18. The number of hydrogen-bond donors (Lipinski definition) is 1. The lowest BCUT2D eigenvalue weighted by molar-refractivity contribution is -0.114. The molecular formula is C10H9Cl2N3O. The highest BCUT2D eigenvalue weighted by Gasteiger charge is 2.16. The molecule has 1 amide bonds. The number of guanidine groups is 1. The third kappa shape index (κ3) is 2.28. The third-order valence-electron chi connectivity index (χ3n) is 2.18. The number of anilines is 1. The highest BCUT2D eigenvalue weighted by atomic mass is 35.5. The number of nitrogens with one attached hydrogen (secondary N) is 1. The molecule has 1 aliphatic heterocycles. The van der Waals surface area contributed by atoms with E-state index in [0.29, 0.717) is 34.8 Å². The second-order valence-electron chi connectivity index (χ2n) is 3.25. The third-order valence-corrected chi connectivity index (χ3v) is 2.73. The van der Waals surface area contributed by atoms with Gasteiger partial charge in [0.15, 0.2) is 0 Å². The summed E-state index contributed by atoms with van der Waals surface area (Å²) >= 11 is 11.8. The number of hydrogen-bond acceptors (Lipinski definition) is 3. The van der Waals surface area contributed by atoms with Crippen LogP contribution in [0.4, 0.5) is 5.69 Å². The van der Waals surface area contributed by atoms with Gasteiger partial charge in [0, 0.05) is 11.6 Å². The standard InChI is InChI=1S/C10H9Cl2N3O/c11-7-1-2-9(8(12)5-7)14-10-13-3-4-15(10)6-16/h1-2,5-6H,3-4H2,(H,13,14). The van der Waals surface area contributed by atoms with Crippen molar-refractivity contribution < 1.29 is 4.79 Å². The Morgan fingerprint density at radius 1 is 1.44 bits per heavy atom. The van der Waals surface area contributed by atoms with Crippen molar-refractivity contribution in [2.45, 2.75) is 0 Å². The fourth-order valence-corrected chi connectivity index (χ4v) is 1.84. The van der Waals surface area contributed by atoms with Crippen molar-refractivity contribution in [3.05, 3.63) is 28.2 Å². The second-order valence-corrected chi connectivity index (χ2v) is 4.10. The van der Waals surface area contributed by atoms with Crippen molar-refractivity contribution in [3.63, 3.8) is 0 Å². The van der Waals surface area contributed by atoms with Crippen molar-refractivity contribution in [3.8, 4) is 0 Å². The first kappa shape index (κ1) is 11.2. The molecule has 1 heterocycles. The Hall–Kier alpha value is -1.26. The van der Waals surface area contributed by atoms with Gasteiger partial charge in [0.05, 0.1) is 17.3 Å². The van der Waals surface area contributed by atoms with Crippen LogP contribution in [-0.2, 0) is 4.79 Å². The summed E-state index contributed by atoms with van der Waals surface area (Å²) in [6, 6.07) is 5.09. The van der Waals surface area contributed by atoms with Crippen LogP contribution in [0.3, 0.4) is 0 Å². The van der Waals surface area contributed by atoms with E-state index < -0.39 is 0 Å². The Kier molecular flexibility index (Phi) is 3.31. The van der Waals surface area contributed by atoms with E-state index >= 15 is 0 Å². The molecular weight excluding hydrogens is 249 g/mol. The summed E-state index contributed by atoms with van der Waals surface area (Å²) in [7, 11) is 0. The van der Waals surface area contributed by atoms with Crippen molar-refractivity contribution in [2.75, 3.05) is 18.4 Å². The zero-order valence-electron chi connectivity index (χ0n) is 8.28. The Morgan fingerprint density at radius 2 is 2.25 bits per heavy atom. The maximum Gasteiger partial charge on any atom is 0.216 e. The first-order valence-electron chi connectivity index (χ1n) is 4.69. The average Bonchev–Trinajstić information content (AvgIpc) is 2.69. The number of benzene rings is 1. The molecule has 0 saturated heterocycles. The van der Waals surface area contributed by atoms with Gasteiger partial charge < -0.3 is 5.32 Å². The highest BCUT2D eigenvalue weighted by molar-refractivity contribution is 6.36. The minimum atomic E-state index is 0.493. The molecule has 0 saturated carbocycles. The maximum absolute atomic E-state index is 10.7. The molecule has 0 aromatic heterocycles. The quantitative estimate of drug-likeness (QED) is 0.827. The Bertz CT molecular complexity index is 448. The van der Waals surface area contributed by atoms with Crippen LogP contribution in [0.25, 0.3) is 0 Å². The lowest BCUT2D eigenvalue weighted by atomic mass is 10.3. The minimum absolute atomic E-state index is 0.493. The molecule has 0 unspecified atom stereocenters. The largest absolute Gasteiger partial charge is 0.325 e. The predicted molar refractivity (Wildman–Crippen MR) is 65.2 cm³/mol. The van der Waals surface area contributed by atoms with Gasteiger partial charge in [0.25, 0.3) is 0 Å². The highest BCUT2D eigenvalue weighted by Crippen LogP contribution is 2.25. The number of halogens is 2. The molecule has 1 aromatic carbocycles. The number of nitrogens with zero attached hydrogens (tertiary/aromatic N) is 2. The van der Waals surface area contributed by atoms with E-state index in [2.05, 4.69) is 10.3 Å². The molecule has 0 radical (unpaired) electrons. The van der Waals surface area contributed by atoms with Gasteiger partial charge in [-0.15, -0.1) is 0 Å². The molecule has 0 fully saturated rings. The van der Waals surface area contributed by atoms with Crippen molar-refractivity contribution >= 4 is 41.3 Å². The molecule has 0 bridgehead atoms. The van der Waals surface area contributed by atoms with Crippen molar-refractivity contribution in [1.29, 1.82) is 0 Å². The molecule has 0 aliphatic carbocycles. The zero-order valence-corrected chi connectivity index (χ0v) is 9.79. The molecule has 0 atom stereocenters. The number of carbonyl (C=O) groups excluding carboxylic acids is 1. The number of rotatable bonds is 2. The van der Waals surface area contributed by atoms with Gasteiger partial charge in [-0.25, -0.2) is 0 Å². The van der Waals surface area contributed by atoms with Crippen molar-refractivity contribution in [1.82, 2.24) is 4.90 Å². The van der Waals surface area contributed by atoms with Crippen LogP contribution in [0.2, 0.25) is 10.0 Å². The topological polar surface area (TPSA) is 44.7 Å². The smallest absolute Gasteiger partial charge is 0.216 e. The monoisotopic (exact) mass is 257 g/mol. The molecule has 1 N–H and O–H groups in total. The van der Waals surface area contributed by atoms with Crippen LogP contribution in [0.1, 0.15) is 0 Å². The van der Waals surface area contributed by atoms with E-state index in [1.165, 1.54) is 4.90 Å². The fraction of sp³-hybridized carbons (Fsp3) is 0.200. The molecule has 6 heteroatoms. The van der Waals surface area contributed by atoms with Crippen LogP contribution in [-0.4, -0.2) is 30.4 Å². The minimum Gasteiger partial charge on any atom is -0.325 e. The molecule has 2 rings (SSSR count). The van der Waals surface area contributed by atoms with E-state index in [9.17, 15) is 4.79 Å². The number of carbonyl (C=O) groups is 1. The summed E-state index contributed by atoms with van der Waals surface area (Å²) in [6.07, 6.45) is 0.739. The van der Waals surface area contributed by atoms with E-state index in [4.69, 9.17) is 23.2 Å². The van der Waals surface area contributed by atoms with Gasteiger partial charge in [0.1, 0.15) is 0 Å². The van der Waals surface area contributed by atoms with Crippen molar-refractivity contribution in [2.24, 2.45) is 4.99 Å². The number of amides is 1. The average molecular weight is 258 g/mol. The summed E-state index contributed by atoms with van der Waals surface area (Å²) in [6.45, 7) is 1.20. The summed E-state index contributed by atoms with van der Waals surface area (Å²) in [5.41, 5.74) is 0.679. The molecule has 1 aromatic rings. The first-order chi connectivity index (χ1) is 7.70. The van der Waals surface area contributed by atoms with Gasteiger partial charge in [-0.3, -0.25) is 14.7 Å². The number of aliphatic imine (C=N–C) groups is 1. The van der Waals surface area contributed by atoms with Gasteiger partial charge in [-0.2, -0.15) is 0 Å². The second kappa shape index (κ2) is 4.72. The van der Waals surface area contributed by atoms with Gasteiger partial charge in [-0.05, 0) is 18.2 Å². The Labute approximate surface area is 103 Å². The lowest BCUT2D eigenvalue weighted by Gasteiger charge is -2.14. The van der Waals surface area contributed by atoms with E-state index in [0.717, 1.165) is 6.41 Å². The predicted octanol–water partition coefficient (Wildman–Crippen LogP) is 2.23. The van der Waals surface area contributed by atoms with Crippen LogP contribution in [0, 0.1) is 0 Å². The molecule has 0 spiro atoms. The van der Waals surface area contributed by atoms with E-state index in [1.54, 1.807) is 18.2 Å². The molecule has 16 heavy (non-hydrogen) atoms. The summed E-state index contributed by atoms with van der Waals surface area (Å²) < 4.78 is 0. The summed E-state index contributed by atoms with van der Waals surface area (Å²) in [5.74, 6) is 0.513. The lowest BCUT2D eigenvalue weighted by Crippen LogP contribution is -2.31. The van der Waals surface area contributed by atoms with Crippen LogP contribution in [0.15, 0.2) is 23.2 Å². The molecule has 1 aliphatic rings. The fourth-order valence-electron chi connectivity index (χ4n) is 1.39. The zero-order chi connectivity index (χ0) is 11.5. The molecule has 84 valence electrons. The van der Waals surface area contributed by atoms with Gasteiger partial charge in [0.2, 0.25) is 12.4 Å². The normalized spacial score (nSPS) is 14.9. The summed E-state index contributed by atoms with van der Waals surface area (Å²) in [4.78, 5) is 16.3. The van der Waals surface area contributed by atoms with Crippen LogP contribution < -0.4 is 5.32 Å². The van der Waals surface area contributed by atoms with Crippen LogP contribution >= 0.6 is 23.2 Å². The van der Waals surface area contributed by atoms with Crippen LogP contribution in [0.5, 0.6) is 0 Å². The first-order valence-corrected chi connectivity index (χ1v) is 5.45. The van der Waals surface area contributed by atoms with Gasteiger partial charge >= 0.3 is 0 Å². The summed E-state index contributed by atoms with van der Waals surface area (Å²) in [5, 5.41) is 4.05. The van der Waals surface area contributed by atoms with E-state index in [-0.39, 0.29) is 0 Å². The van der Waals surface area contributed by atoms with E-state index in [1.807, 2.05) is 0 Å². The molecule has 4 nitrogen and oxygen atoms in total. The Morgan fingerprint density at radius 3 is 2.94 bits per heavy atom. The SMILES string of the molecule is O=CN1CCN=C1Nc1ccc(Cl)cc1Cl.